The van der Waals surface area contributed by atoms with Crippen molar-refractivity contribution >= 4 is 10.9 Å². The summed E-state index contributed by atoms with van der Waals surface area (Å²) in [7, 11) is 0. The maximum Gasteiger partial charge on any atom is 0.317 e. The Morgan fingerprint density at radius 2 is 1.87 bits per heavy atom. The monoisotopic (exact) mass is 202 g/mol. The van der Waals surface area contributed by atoms with E-state index in [-0.39, 0.29) is 5.60 Å². The molecule has 0 unspecified atom stereocenters. The van der Waals surface area contributed by atoms with Crippen molar-refractivity contribution in [2.24, 2.45) is 0 Å². The van der Waals surface area contributed by atoms with Crippen LogP contribution in [0.25, 0.3) is 10.9 Å². The summed E-state index contributed by atoms with van der Waals surface area (Å²) in [5.74, 6) is 0. The number of benzene rings is 1. The van der Waals surface area contributed by atoms with Crippen molar-refractivity contribution in [2.45, 2.75) is 26.4 Å². The highest BCUT2D eigenvalue weighted by Gasteiger charge is 2.13. The summed E-state index contributed by atoms with van der Waals surface area (Å²) in [6, 6.07) is 8.29. The maximum atomic E-state index is 5.59. The highest BCUT2D eigenvalue weighted by Crippen LogP contribution is 2.16. The maximum absolute atomic E-state index is 5.59. The Bertz CT molecular complexity index is 474. The second-order valence-corrected chi connectivity index (χ2v) is 4.43. The molecule has 3 nitrogen and oxygen atoms in total. The third-order valence-electron chi connectivity index (χ3n) is 1.86. The third-order valence-corrected chi connectivity index (χ3v) is 1.86. The van der Waals surface area contributed by atoms with Crippen LogP contribution in [0.3, 0.4) is 0 Å². The third kappa shape index (κ3) is 2.43. The first-order valence-corrected chi connectivity index (χ1v) is 4.95. The first-order chi connectivity index (χ1) is 7.04. The summed E-state index contributed by atoms with van der Waals surface area (Å²) >= 11 is 0. The average molecular weight is 202 g/mol. The molecule has 0 atom stereocenters. The van der Waals surface area contributed by atoms with Crippen molar-refractivity contribution in [3.8, 4) is 6.01 Å². The van der Waals surface area contributed by atoms with Crippen molar-refractivity contribution in [1.29, 1.82) is 0 Å². The van der Waals surface area contributed by atoms with Crippen molar-refractivity contribution in [3.05, 3.63) is 30.5 Å². The van der Waals surface area contributed by atoms with E-state index in [0.29, 0.717) is 6.01 Å². The zero-order valence-corrected chi connectivity index (χ0v) is 9.19. The van der Waals surface area contributed by atoms with Gasteiger partial charge in [0.15, 0.2) is 0 Å². The Morgan fingerprint density at radius 1 is 1.13 bits per heavy atom. The molecule has 2 rings (SSSR count). The Hall–Kier alpha value is -1.64. The molecule has 0 amide bonds. The van der Waals surface area contributed by atoms with Gasteiger partial charge in [-0.05, 0) is 26.8 Å². The van der Waals surface area contributed by atoms with Crippen molar-refractivity contribution in [3.63, 3.8) is 0 Å². The van der Waals surface area contributed by atoms with Gasteiger partial charge in [0, 0.05) is 11.6 Å². The number of ether oxygens (including phenoxy) is 1. The van der Waals surface area contributed by atoms with E-state index in [9.17, 15) is 0 Å². The van der Waals surface area contributed by atoms with E-state index in [1.165, 1.54) is 0 Å². The quantitative estimate of drug-likeness (QED) is 0.713. The lowest BCUT2D eigenvalue weighted by atomic mass is 10.2. The van der Waals surface area contributed by atoms with Crippen LogP contribution in [-0.2, 0) is 0 Å². The van der Waals surface area contributed by atoms with Gasteiger partial charge in [0.1, 0.15) is 5.60 Å². The normalized spacial score (nSPS) is 11.7. The number of aromatic nitrogens is 2. The Balaban J connectivity index is 2.39. The Labute approximate surface area is 89.1 Å². The van der Waals surface area contributed by atoms with E-state index >= 15 is 0 Å². The zero-order valence-electron chi connectivity index (χ0n) is 9.19. The van der Waals surface area contributed by atoms with Crippen LogP contribution >= 0.6 is 0 Å². The molecule has 1 aromatic carbocycles. The van der Waals surface area contributed by atoms with E-state index < -0.39 is 0 Å². The molecule has 0 fully saturated rings. The minimum Gasteiger partial charge on any atom is -0.458 e. The predicted octanol–water partition coefficient (Wildman–Crippen LogP) is 2.81. The molecular formula is C12H14N2O. The lowest BCUT2D eigenvalue weighted by molar-refractivity contribution is 0.117. The van der Waals surface area contributed by atoms with Crippen molar-refractivity contribution in [2.75, 3.05) is 0 Å². The first kappa shape index (κ1) is 9.90. The van der Waals surface area contributed by atoms with Gasteiger partial charge in [-0.15, -0.1) is 0 Å². The molecule has 15 heavy (non-hydrogen) atoms. The zero-order chi connectivity index (χ0) is 10.9. The van der Waals surface area contributed by atoms with Crippen molar-refractivity contribution in [1.82, 2.24) is 9.97 Å². The SMILES string of the molecule is CC(C)(C)Oc1ncc2ccccc2n1. The minimum absolute atomic E-state index is 0.261. The van der Waals surface area contributed by atoms with Crippen LogP contribution in [0.4, 0.5) is 0 Å². The smallest absolute Gasteiger partial charge is 0.317 e. The van der Waals surface area contributed by atoms with Crippen LogP contribution in [0.5, 0.6) is 6.01 Å². The minimum atomic E-state index is -0.261. The van der Waals surface area contributed by atoms with Crippen LogP contribution < -0.4 is 4.74 Å². The molecule has 0 saturated carbocycles. The largest absolute Gasteiger partial charge is 0.458 e. The number of para-hydroxylation sites is 1. The topological polar surface area (TPSA) is 35.0 Å². The molecule has 0 bridgehead atoms. The van der Waals surface area contributed by atoms with E-state index in [2.05, 4.69) is 9.97 Å². The molecule has 0 radical (unpaired) electrons. The second-order valence-electron chi connectivity index (χ2n) is 4.43. The predicted molar refractivity (Wildman–Crippen MR) is 59.9 cm³/mol. The van der Waals surface area contributed by atoms with Crippen LogP contribution in [0.1, 0.15) is 20.8 Å². The van der Waals surface area contributed by atoms with Gasteiger partial charge in [0.25, 0.3) is 0 Å². The average Bonchev–Trinajstić information content (AvgIpc) is 2.15. The summed E-state index contributed by atoms with van der Waals surface area (Å²) in [6.07, 6.45) is 1.78. The Morgan fingerprint density at radius 3 is 2.60 bits per heavy atom. The fourth-order valence-corrected chi connectivity index (χ4v) is 1.28. The summed E-state index contributed by atoms with van der Waals surface area (Å²) in [5.41, 5.74) is 0.648. The van der Waals surface area contributed by atoms with E-state index in [4.69, 9.17) is 4.74 Å². The number of rotatable bonds is 1. The lowest BCUT2D eigenvalue weighted by Gasteiger charge is -2.19. The summed E-state index contributed by atoms with van der Waals surface area (Å²) in [4.78, 5) is 8.49. The number of fused-ring (bicyclic) bond motifs is 1. The van der Waals surface area contributed by atoms with Gasteiger partial charge in [-0.1, -0.05) is 18.2 Å². The van der Waals surface area contributed by atoms with E-state index in [1.807, 2.05) is 45.0 Å². The molecule has 0 aliphatic rings. The molecule has 2 aromatic rings. The van der Waals surface area contributed by atoms with Gasteiger partial charge in [-0.25, -0.2) is 4.98 Å². The highest BCUT2D eigenvalue weighted by atomic mass is 16.5. The fourth-order valence-electron chi connectivity index (χ4n) is 1.28. The van der Waals surface area contributed by atoms with E-state index in [1.54, 1.807) is 6.20 Å². The van der Waals surface area contributed by atoms with Gasteiger partial charge in [0.2, 0.25) is 0 Å². The van der Waals surface area contributed by atoms with Gasteiger partial charge in [0.05, 0.1) is 5.52 Å². The van der Waals surface area contributed by atoms with Gasteiger partial charge < -0.3 is 4.74 Å². The molecule has 1 heterocycles. The molecule has 0 aliphatic carbocycles. The first-order valence-electron chi connectivity index (χ1n) is 4.95. The fraction of sp³-hybridized carbons (Fsp3) is 0.333. The number of hydrogen-bond acceptors (Lipinski definition) is 3. The van der Waals surface area contributed by atoms with Crippen molar-refractivity contribution < 1.29 is 4.74 Å². The molecule has 78 valence electrons. The Kier molecular flexibility index (Phi) is 2.31. The standard InChI is InChI=1S/C12H14N2O/c1-12(2,3)15-11-13-8-9-6-4-5-7-10(9)14-11/h4-8H,1-3H3. The van der Waals surface area contributed by atoms with Gasteiger partial charge in [-0.3, -0.25) is 0 Å². The van der Waals surface area contributed by atoms with Crippen LogP contribution in [0, 0.1) is 0 Å². The molecule has 3 heteroatoms. The molecule has 1 aromatic heterocycles. The van der Waals surface area contributed by atoms with E-state index in [0.717, 1.165) is 10.9 Å². The second kappa shape index (κ2) is 3.50. The van der Waals surface area contributed by atoms with Crippen LogP contribution in [0.15, 0.2) is 30.5 Å². The molecule has 0 aliphatic heterocycles. The molecule has 0 spiro atoms. The van der Waals surface area contributed by atoms with Crippen LogP contribution in [0.2, 0.25) is 0 Å². The lowest BCUT2D eigenvalue weighted by Crippen LogP contribution is -2.24. The molecule has 0 saturated heterocycles. The van der Waals surface area contributed by atoms with Crippen LogP contribution in [-0.4, -0.2) is 15.6 Å². The summed E-state index contributed by atoms with van der Waals surface area (Å²) < 4.78 is 5.59. The number of hydrogen-bond donors (Lipinski definition) is 0. The molecule has 0 N–H and O–H groups in total. The molecular weight excluding hydrogens is 188 g/mol. The van der Waals surface area contributed by atoms with Gasteiger partial charge in [-0.2, -0.15) is 4.98 Å². The summed E-state index contributed by atoms with van der Waals surface area (Å²) in [5, 5.41) is 1.03. The van der Waals surface area contributed by atoms with Gasteiger partial charge >= 0.3 is 6.01 Å². The number of nitrogens with zero attached hydrogens (tertiary/aromatic N) is 2. The highest BCUT2D eigenvalue weighted by molar-refractivity contribution is 5.77. The summed E-state index contributed by atoms with van der Waals surface area (Å²) in [6.45, 7) is 5.93.